The Kier molecular flexibility index (Phi) is 7.00. The van der Waals surface area contributed by atoms with E-state index in [1.165, 1.54) is 5.56 Å². The van der Waals surface area contributed by atoms with E-state index in [4.69, 9.17) is 0 Å². The molecule has 0 radical (unpaired) electrons. The van der Waals surface area contributed by atoms with Crippen LogP contribution in [0.15, 0.2) is 59.1 Å². The molecule has 0 saturated carbocycles. The number of carbonyl (C=O) groups is 1. The molecular weight excluding hydrogens is 358 g/mol. The summed E-state index contributed by atoms with van der Waals surface area (Å²) in [6.45, 7) is 1.96. The Labute approximate surface area is 144 Å². The van der Waals surface area contributed by atoms with Crippen molar-refractivity contribution in [2.45, 2.75) is 25.0 Å². The van der Waals surface area contributed by atoms with Gasteiger partial charge < -0.3 is 5.32 Å². The Morgan fingerprint density at radius 1 is 1.18 bits per heavy atom. The van der Waals surface area contributed by atoms with Gasteiger partial charge in [-0.1, -0.05) is 52.3 Å². The van der Waals surface area contributed by atoms with Crippen LogP contribution in [0.25, 0.3) is 0 Å². The van der Waals surface area contributed by atoms with E-state index in [0.717, 1.165) is 28.8 Å². The highest BCUT2D eigenvalue weighted by molar-refractivity contribution is 9.10. The molecule has 0 spiro atoms. The van der Waals surface area contributed by atoms with Gasteiger partial charge in [0.15, 0.2) is 0 Å². The number of halogens is 1. The van der Waals surface area contributed by atoms with Gasteiger partial charge in [-0.3, -0.25) is 4.79 Å². The van der Waals surface area contributed by atoms with Gasteiger partial charge in [0.2, 0.25) is 5.91 Å². The van der Waals surface area contributed by atoms with Gasteiger partial charge in [-0.15, -0.1) is 11.8 Å². The minimum atomic E-state index is -0.0465. The van der Waals surface area contributed by atoms with Crippen LogP contribution >= 0.6 is 27.7 Å². The second-order valence-corrected chi connectivity index (χ2v) is 7.47. The summed E-state index contributed by atoms with van der Waals surface area (Å²) in [5.41, 5.74) is 2.19. The van der Waals surface area contributed by atoms with Crippen molar-refractivity contribution in [1.82, 2.24) is 0 Å². The van der Waals surface area contributed by atoms with Crippen molar-refractivity contribution in [3.05, 3.63) is 64.6 Å². The summed E-state index contributed by atoms with van der Waals surface area (Å²) in [6.07, 6.45) is 2.15. The molecule has 1 N–H and O–H groups in total. The van der Waals surface area contributed by atoms with Gasteiger partial charge >= 0.3 is 0 Å². The SMILES string of the molecule is CC(SCCCc1ccccc1)C(=O)Nc1cccc(Br)c1. The lowest BCUT2D eigenvalue weighted by molar-refractivity contribution is -0.115. The number of anilines is 1. The third-order valence-electron chi connectivity index (χ3n) is 3.28. The maximum absolute atomic E-state index is 12.1. The van der Waals surface area contributed by atoms with Crippen molar-refractivity contribution in [3.63, 3.8) is 0 Å². The van der Waals surface area contributed by atoms with E-state index in [9.17, 15) is 4.79 Å². The molecule has 2 aromatic rings. The number of amides is 1. The number of aryl methyl sites for hydroxylation is 1. The molecule has 0 aliphatic carbocycles. The Morgan fingerprint density at radius 3 is 2.68 bits per heavy atom. The van der Waals surface area contributed by atoms with Crippen molar-refractivity contribution in [2.75, 3.05) is 11.1 Å². The van der Waals surface area contributed by atoms with E-state index >= 15 is 0 Å². The standard InChI is InChI=1S/C18H20BrNOS/c1-14(18(21)20-17-11-5-10-16(19)13-17)22-12-6-9-15-7-3-2-4-8-15/h2-5,7-8,10-11,13-14H,6,9,12H2,1H3,(H,20,21). The molecular formula is C18H20BrNOS. The van der Waals surface area contributed by atoms with Crippen LogP contribution in [0.1, 0.15) is 18.9 Å². The Bertz CT molecular complexity index is 603. The number of nitrogens with one attached hydrogen (secondary N) is 1. The summed E-state index contributed by atoms with van der Waals surface area (Å²) in [5.74, 6) is 1.05. The molecule has 0 saturated heterocycles. The first kappa shape index (κ1) is 17.1. The van der Waals surface area contributed by atoms with Crippen LogP contribution in [0, 0.1) is 0 Å². The maximum Gasteiger partial charge on any atom is 0.237 e. The molecule has 0 fully saturated rings. The molecule has 0 aromatic heterocycles. The highest BCUT2D eigenvalue weighted by Gasteiger charge is 2.13. The minimum Gasteiger partial charge on any atom is -0.325 e. The summed E-state index contributed by atoms with van der Waals surface area (Å²) in [6, 6.07) is 18.1. The van der Waals surface area contributed by atoms with E-state index in [0.29, 0.717) is 0 Å². The first-order valence-corrected chi connectivity index (χ1v) is 9.21. The first-order chi connectivity index (χ1) is 10.6. The fourth-order valence-corrected chi connectivity index (χ4v) is 3.34. The Hall–Kier alpha value is -1.26. The molecule has 0 aliphatic rings. The van der Waals surface area contributed by atoms with Gasteiger partial charge in [0.1, 0.15) is 0 Å². The van der Waals surface area contributed by atoms with Gasteiger partial charge in [-0.05, 0) is 49.3 Å². The predicted molar refractivity (Wildman–Crippen MR) is 99.5 cm³/mol. The maximum atomic E-state index is 12.1. The van der Waals surface area contributed by atoms with E-state index in [2.05, 4.69) is 45.5 Å². The van der Waals surface area contributed by atoms with Crippen LogP contribution in [-0.2, 0) is 11.2 Å². The minimum absolute atomic E-state index is 0.0465. The molecule has 2 rings (SSSR count). The van der Waals surface area contributed by atoms with Crippen molar-refractivity contribution in [2.24, 2.45) is 0 Å². The van der Waals surface area contributed by atoms with Gasteiger partial charge in [-0.25, -0.2) is 0 Å². The highest BCUT2D eigenvalue weighted by Crippen LogP contribution is 2.19. The average molecular weight is 378 g/mol. The summed E-state index contributed by atoms with van der Waals surface area (Å²) >= 11 is 5.11. The van der Waals surface area contributed by atoms with Gasteiger partial charge in [0.25, 0.3) is 0 Å². The van der Waals surface area contributed by atoms with Crippen molar-refractivity contribution < 1.29 is 4.79 Å². The predicted octanol–water partition coefficient (Wildman–Crippen LogP) is 5.14. The second kappa shape index (κ2) is 9.01. The first-order valence-electron chi connectivity index (χ1n) is 7.37. The number of thioether (sulfide) groups is 1. The zero-order valence-corrected chi connectivity index (χ0v) is 15.0. The molecule has 0 bridgehead atoms. The molecule has 1 unspecified atom stereocenters. The van der Waals surface area contributed by atoms with E-state index < -0.39 is 0 Å². The van der Waals surface area contributed by atoms with Crippen LogP contribution in [0.2, 0.25) is 0 Å². The van der Waals surface area contributed by atoms with Gasteiger partial charge in [0, 0.05) is 10.2 Å². The number of carbonyl (C=O) groups excluding carboxylic acids is 1. The van der Waals surface area contributed by atoms with Crippen molar-refractivity contribution in [1.29, 1.82) is 0 Å². The number of hydrogen-bond acceptors (Lipinski definition) is 2. The molecule has 1 atom stereocenters. The van der Waals surface area contributed by atoms with E-state index in [1.54, 1.807) is 11.8 Å². The van der Waals surface area contributed by atoms with Crippen LogP contribution in [-0.4, -0.2) is 16.9 Å². The molecule has 4 heteroatoms. The average Bonchev–Trinajstić information content (AvgIpc) is 2.52. The number of benzene rings is 2. The summed E-state index contributed by atoms with van der Waals surface area (Å²) < 4.78 is 0.966. The van der Waals surface area contributed by atoms with Gasteiger partial charge in [0.05, 0.1) is 5.25 Å². The lowest BCUT2D eigenvalue weighted by atomic mass is 10.1. The fourth-order valence-electron chi connectivity index (χ4n) is 2.07. The number of hydrogen-bond donors (Lipinski definition) is 1. The monoisotopic (exact) mass is 377 g/mol. The van der Waals surface area contributed by atoms with Crippen molar-refractivity contribution in [3.8, 4) is 0 Å². The topological polar surface area (TPSA) is 29.1 Å². The summed E-state index contributed by atoms with van der Waals surface area (Å²) in [7, 11) is 0. The third-order valence-corrected chi connectivity index (χ3v) is 5.01. The molecule has 0 heterocycles. The van der Waals surface area contributed by atoms with E-state index in [-0.39, 0.29) is 11.2 Å². The van der Waals surface area contributed by atoms with Crippen LogP contribution in [0.4, 0.5) is 5.69 Å². The summed E-state index contributed by atoms with van der Waals surface area (Å²) in [4.78, 5) is 12.1. The zero-order valence-electron chi connectivity index (χ0n) is 12.6. The third kappa shape index (κ3) is 5.85. The van der Waals surface area contributed by atoms with Gasteiger partial charge in [-0.2, -0.15) is 0 Å². The number of rotatable bonds is 7. The lowest BCUT2D eigenvalue weighted by Crippen LogP contribution is -2.22. The van der Waals surface area contributed by atoms with Crippen LogP contribution in [0.5, 0.6) is 0 Å². The van der Waals surface area contributed by atoms with Crippen LogP contribution < -0.4 is 5.32 Å². The smallest absolute Gasteiger partial charge is 0.237 e. The fraction of sp³-hybridized carbons (Fsp3) is 0.278. The molecule has 116 valence electrons. The lowest BCUT2D eigenvalue weighted by Gasteiger charge is -2.12. The van der Waals surface area contributed by atoms with E-state index in [1.807, 2.05) is 37.3 Å². The van der Waals surface area contributed by atoms with Crippen molar-refractivity contribution >= 4 is 39.3 Å². The second-order valence-electron chi connectivity index (χ2n) is 5.10. The van der Waals surface area contributed by atoms with Crippen LogP contribution in [0.3, 0.4) is 0 Å². The molecule has 2 aromatic carbocycles. The zero-order chi connectivity index (χ0) is 15.8. The Morgan fingerprint density at radius 2 is 1.95 bits per heavy atom. The molecule has 1 amide bonds. The normalized spacial score (nSPS) is 11.9. The summed E-state index contributed by atoms with van der Waals surface area (Å²) in [5, 5.41) is 2.90. The molecule has 2 nitrogen and oxygen atoms in total. The molecule has 0 aliphatic heterocycles. The molecule has 22 heavy (non-hydrogen) atoms. The quantitative estimate of drug-likeness (QED) is 0.676. The largest absolute Gasteiger partial charge is 0.325 e. The Balaban J connectivity index is 1.70. The highest BCUT2D eigenvalue weighted by atomic mass is 79.9.